The maximum absolute atomic E-state index is 13.6. The lowest BCUT2D eigenvalue weighted by atomic mass is 10.1. The number of carbonyl (C=O) groups excluding carboxylic acids is 2. The summed E-state index contributed by atoms with van der Waals surface area (Å²) in [5, 5.41) is 0. The van der Waals surface area contributed by atoms with Crippen molar-refractivity contribution in [1.29, 1.82) is 0 Å². The van der Waals surface area contributed by atoms with E-state index in [1.54, 1.807) is 17.0 Å². The van der Waals surface area contributed by atoms with Gasteiger partial charge in [0.05, 0.1) is 20.8 Å². The normalized spacial score (nSPS) is 11.1. The van der Waals surface area contributed by atoms with E-state index in [0.29, 0.717) is 35.8 Å². The van der Waals surface area contributed by atoms with Crippen LogP contribution in [0.25, 0.3) is 0 Å². The van der Waals surface area contributed by atoms with Crippen molar-refractivity contribution in [2.75, 3.05) is 27.8 Å². The van der Waals surface area contributed by atoms with Crippen LogP contribution in [0.5, 0.6) is 11.5 Å². The van der Waals surface area contributed by atoms with Gasteiger partial charge in [-0.15, -0.1) is 0 Å². The third-order valence-electron chi connectivity index (χ3n) is 5.75. The first kappa shape index (κ1) is 27.8. The van der Waals surface area contributed by atoms with E-state index in [1.165, 1.54) is 33.4 Å². The summed E-state index contributed by atoms with van der Waals surface area (Å²) in [4.78, 5) is 27.5. The molecule has 0 bridgehead atoms. The van der Waals surface area contributed by atoms with Crippen LogP contribution in [0.4, 0.5) is 0 Å². The number of nitrogens with one attached hydrogen (secondary N) is 2. The molecule has 0 spiro atoms. The van der Waals surface area contributed by atoms with Crippen molar-refractivity contribution < 1.29 is 31.9 Å². The van der Waals surface area contributed by atoms with Gasteiger partial charge in [0.15, 0.2) is 5.76 Å². The SMILES string of the molecule is CNS(=O)(=O)NC(=O)c1ccc(CN(CCCc2ccccc2)C(=O)c2cc(OC)c(C)c(OC)c2)o1. The van der Waals surface area contributed by atoms with Crippen molar-refractivity contribution in [3.63, 3.8) is 0 Å². The topological polar surface area (TPSA) is 127 Å². The van der Waals surface area contributed by atoms with Crippen LogP contribution in [0.15, 0.2) is 59.0 Å². The molecule has 0 saturated carbocycles. The number of hydrogen-bond acceptors (Lipinski definition) is 7. The van der Waals surface area contributed by atoms with Crippen molar-refractivity contribution in [2.24, 2.45) is 0 Å². The Kier molecular flexibility index (Phi) is 9.31. The molecule has 0 unspecified atom stereocenters. The molecule has 2 N–H and O–H groups in total. The fourth-order valence-corrected chi connectivity index (χ4v) is 4.21. The lowest BCUT2D eigenvalue weighted by Gasteiger charge is -2.23. The smallest absolute Gasteiger partial charge is 0.301 e. The summed E-state index contributed by atoms with van der Waals surface area (Å²) in [7, 11) is 0.245. The lowest BCUT2D eigenvalue weighted by molar-refractivity contribution is 0.0727. The van der Waals surface area contributed by atoms with Gasteiger partial charge in [-0.05, 0) is 49.6 Å². The van der Waals surface area contributed by atoms with E-state index in [1.807, 2.05) is 46.7 Å². The highest BCUT2D eigenvalue weighted by atomic mass is 32.2. The number of rotatable bonds is 12. The molecule has 0 atom stereocenters. The van der Waals surface area contributed by atoms with Crippen LogP contribution >= 0.6 is 0 Å². The van der Waals surface area contributed by atoms with Gasteiger partial charge in [-0.3, -0.25) is 9.59 Å². The Labute approximate surface area is 216 Å². The molecular formula is C26H31N3O7S. The van der Waals surface area contributed by atoms with Gasteiger partial charge in [0.1, 0.15) is 17.3 Å². The molecule has 0 fully saturated rings. The van der Waals surface area contributed by atoms with E-state index >= 15 is 0 Å². The number of carbonyl (C=O) groups is 2. The zero-order chi connectivity index (χ0) is 27.0. The fourth-order valence-electron chi connectivity index (χ4n) is 3.76. The minimum absolute atomic E-state index is 0.0676. The van der Waals surface area contributed by atoms with Crippen molar-refractivity contribution in [1.82, 2.24) is 14.3 Å². The number of nitrogens with zero attached hydrogens (tertiary/aromatic N) is 1. The number of furan rings is 1. The average molecular weight is 530 g/mol. The summed E-state index contributed by atoms with van der Waals surface area (Å²) in [6, 6.07) is 16.2. The quantitative estimate of drug-likeness (QED) is 0.369. The van der Waals surface area contributed by atoms with Gasteiger partial charge >= 0.3 is 16.1 Å². The second-order valence-electron chi connectivity index (χ2n) is 8.23. The molecule has 2 aromatic carbocycles. The van der Waals surface area contributed by atoms with E-state index < -0.39 is 16.1 Å². The Morgan fingerprint density at radius 1 is 1.00 bits per heavy atom. The number of methoxy groups -OCH3 is 2. The Balaban J connectivity index is 1.84. The molecule has 0 aliphatic rings. The van der Waals surface area contributed by atoms with Crippen molar-refractivity contribution >= 4 is 22.0 Å². The molecule has 1 aromatic heterocycles. The van der Waals surface area contributed by atoms with E-state index in [0.717, 1.165) is 17.5 Å². The fraction of sp³-hybridized carbons (Fsp3) is 0.308. The first-order valence-electron chi connectivity index (χ1n) is 11.6. The molecule has 2 amide bonds. The highest BCUT2D eigenvalue weighted by Gasteiger charge is 2.22. The van der Waals surface area contributed by atoms with Crippen LogP contribution in [0, 0.1) is 6.92 Å². The molecule has 3 rings (SSSR count). The van der Waals surface area contributed by atoms with Gasteiger partial charge in [-0.2, -0.15) is 8.42 Å². The van der Waals surface area contributed by atoms with Gasteiger partial charge in [0.25, 0.3) is 5.91 Å². The molecular weight excluding hydrogens is 498 g/mol. The van der Waals surface area contributed by atoms with E-state index in [9.17, 15) is 18.0 Å². The summed E-state index contributed by atoms with van der Waals surface area (Å²) >= 11 is 0. The predicted molar refractivity (Wildman–Crippen MR) is 138 cm³/mol. The minimum atomic E-state index is -3.98. The molecule has 0 radical (unpaired) electrons. The average Bonchev–Trinajstić information content (AvgIpc) is 3.37. The van der Waals surface area contributed by atoms with Gasteiger partial charge in [-0.1, -0.05) is 30.3 Å². The molecule has 0 aliphatic heterocycles. The summed E-state index contributed by atoms with van der Waals surface area (Å²) < 4.78 is 43.5. The molecule has 10 nitrogen and oxygen atoms in total. The standard InChI is InChI=1S/C26H31N3O7S/c1-18-23(34-3)15-20(16-24(18)35-4)26(31)29(14-8-11-19-9-6-5-7-10-19)17-21-12-13-22(36-21)25(30)28-37(32,33)27-2/h5-7,9-10,12-13,15-16,27H,8,11,14,17H2,1-4H3,(H,28,30). The van der Waals surface area contributed by atoms with Crippen LogP contribution in [-0.4, -0.2) is 52.9 Å². The number of aryl methyl sites for hydroxylation is 1. The van der Waals surface area contributed by atoms with Gasteiger partial charge < -0.3 is 18.8 Å². The minimum Gasteiger partial charge on any atom is -0.496 e. The van der Waals surface area contributed by atoms with E-state index in [-0.39, 0.29) is 18.2 Å². The Hall–Kier alpha value is -3.83. The number of ether oxygens (including phenoxy) is 2. The van der Waals surface area contributed by atoms with Crippen LogP contribution in [0.3, 0.4) is 0 Å². The molecule has 3 aromatic rings. The molecule has 1 heterocycles. The number of hydrogen-bond donors (Lipinski definition) is 2. The largest absolute Gasteiger partial charge is 0.496 e. The Morgan fingerprint density at radius 2 is 1.65 bits per heavy atom. The van der Waals surface area contributed by atoms with E-state index in [4.69, 9.17) is 13.9 Å². The maximum Gasteiger partial charge on any atom is 0.301 e. The van der Waals surface area contributed by atoms with Crippen molar-refractivity contribution in [3.8, 4) is 11.5 Å². The highest BCUT2D eigenvalue weighted by Crippen LogP contribution is 2.30. The van der Waals surface area contributed by atoms with Crippen LogP contribution < -0.4 is 18.9 Å². The second kappa shape index (κ2) is 12.4. The van der Waals surface area contributed by atoms with Crippen LogP contribution in [-0.2, 0) is 23.2 Å². The second-order valence-corrected chi connectivity index (χ2v) is 9.85. The molecule has 11 heteroatoms. The Bertz CT molecular complexity index is 1310. The Morgan fingerprint density at radius 3 is 2.24 bits per heavy atom. The van der Waals surface area contributed by atoms with Crippen LogP contribution in [0.2, 0.25) is 0 Å². The van der Waals surface area contributed by atoms with Crippen molar-refractivity contribution in [2.45, 2.75) is 26.3 Å². The first-order valence-corrected chi connectivity index (χ1v) is 13.1. The molecule has 0 saturated heterocycles. The monoisotopic (exact) mass is 529 g/mol. The lowest BCUT2D eigenvalue weighted by Crippen LogP contribution is -2.38. The summed E-state index contributed by atoms with van der Waals surface area (Å²) in [6.07, 6.45) is 1.45. The highest BCUT2D eigenvalue weighted by molar-refractivity contribution is 7.88. The van der Waals surface area contributed by atoms with E-state index in [2.05, 4.69) is 0 Å². The van der Waals surface area contributed by atoms with Gasteiger partial charge in [0.2, 0.25) is 0 Å². The van der Waals surface area contributed by atoms with Gasteiger partial charge in [0, 0.05) is 24.7 Å². The predicted octanol–water partition coefficient (Wildman–Crippen LogP) is 3.07. The summed E-state index contributed by atoms with van der Waals surface area (Å²) in [5.74, 6) is -0.0139. The molecule has 0 aliphatic carbocycles. The zero-order valence-electron chi connectivity index (χ0n) is 21.2. The summed E-state index contributed by atoms with van der Waals surface area (Å²) in [5.41, 5.74) is 2.30. The van der Waals surface area contributed by atoms with Crippen LogP contribution in [0.1, 0.15) is 44.2 Å². The number of amides is 2. The summed E-state index contributed by atoms with van der Waals surface area (Å²) in [6.45, 7) is 2.31. The van der Waals surface area contributed by atoms with Gasteiger partial charge in [-0.25, -0.2) is 9.44 Å². The number of benzene rings is 2. The first-order chi connectivity index (χ1) is 17.7. The third-order valence-corrected chi connectivity index (χ3v) is 6.74. The van der Waals surface area contributed by atoms with Crippen molar-refractivity contribution in [3.05, 3.63) is 82.8 Å². The molecule has 198 valence electrons. The third kappa shape index (κ3) is 7.34. The molecule has 37 heavy (non-hydrogen) atoms. The maximum atomic E-state index is 13.6. The zero-order valence-corrected chi connectivity index (χ0v) is 22.1.